The van der Waals surface area contributed by atoms with Crippen molar-refractivity contribution in [1.82, 2.24) is 29.4 Å². The van der Waals surface area contributed by atoms with Gasteiger partial charge < -0.3 is 24.6 Å². The Morgan fingerprint density at radius 3 is 2.45 bits per heavy atom. The number of piperazine rings is 1. The summed E-state index contributed by atoms with van der Waals surface area (Å²) in [5.74, 6) is 0.249. The van der Waals surface area contributed by atoms with Crippen molar-refractivity contribution < 1.29 is 23.9 Å². The summed E-state index contributed by atoms with van der Waals surface area (Å²) in [6, 6.07) is 8.70. The molecule has 3 heterocycles. The van der Waals surface area contributed by atoms with Crippen molar-refractivity contribution in [3.8, 4) is 5.75 Å². The summed E-state index contributed by atoms with van der Waals surface area (Å²) in [5.41, 5.74) is 2.31. The minimum absolute atomic E-state index is 0.110. The van der Waals surface area contributed by atoms with Gasteiger partial charge in [-0.25, -0.2) is 9.48 Å². The highest BCUT2D eigenvalue weighted by atomic mass is 16.6. The Kier molecular flexibility index (Phi) is 8.29. The average Bonchev–Trinajstić information content (AvgIpc) is 3.54. The minimum atomic E-state index is -0.578. The summed E-state index contributed by atoms with van der Waals surface area (Å²) in [7, 11) is 0. The van der Waals surface area contributed by atoms with Gasteiger partial charge in [-0.15, -0.1) is 0 Å². The Balaban J connectivity index is 1.32. The number of hydrogen-bond donors (Lipinski definition) is 1. The number of benzene rings is 1. The van der Waals surface area contributed by atoms with Crippen LogP contribution < -0.4 is 10.1 Å². The lowest BCUT2D eigenvalue weighted by molar-refractivity contribution is -0.136. The predicted molar refractivity (Wildman–Crippen MR) is 139 cm³/mol. The summed E-state index contributed by atoms with van der Waals surface area (Å²) in [6.07, 6.45) is 2.95. The molecule has 1 aliphatic rings. The number of carbonyl (C=O) groups is 3. The van der Waals surface area contributed by atoms with Crippen LogP contribution in [0.2, 0.25) is 0 Å². The van der Waals surface area contributed by atoms with Crippen LogP contribution >= 0.6 is 0 Å². The lowest BCUT2D eigenvalue weighted by Gasteiger charge is -2.35. The Hall–Kier alpha value is -4.35. The molecule has 3 aromatic rings. The average molecular weight is 524 g/mol. The van der Waals surface area contributed by atoms with E-state index in [-0.39, 0.29) is 24.4 Å². The fraction of sp³-hybridized carbons (Fsp3) is 0.423. The van der Waals surface area contributed by atoms with Crippen LogP contribution in [0.5, 0.6) is 5.75 Å². The molecule has 2 aromatic heterocycles. The SMILES string of the molecule is CCOC(=O)N1CCN(C(=O)C(C)n2cc(NC(=O)c3ccn(COc4ccccc4C)n3)c(C)n2)CC1. The third-order valence-corrected chi connectivity index (χ3v) is 6.36. The van der Waals surface area contributed by atoms with E-state index in [4.69, 9.17) is 9.47 Å². The summed E-state index contributed by atoms with van der Waals surface area (Å²) in [6.45, 7) is 9.39. The summed E-state index contributed by atoms with van der Waals surface area (Å²) in [5, 5.41) is 11.6. The zero-order chi connectivity index (χ0) is 27.2. The Morgan fingerprint density at radius 2 is 1.74 bits per heavy atom. The van der Waals surface area contributed by atoms with Gasteiger partial charge in [-0.2, -0.15) is 10.2 Å². The number of carbonyl (C=O) groups excluding carboxylic acids is 3. The number of rotatable bonds is 8. The number of para-hydroxylation sites is 1. The van der Waals surface area contributed by atoms with Crippen molar-refractivity contribution in [2.75, 3.05) is 38.1 Å². The fourth-order valence-corrected chi connectivity index (χ4v) is 4.10. The Bertz CT molecular complexity index is 1290. The van der Waals surface area contributed by atoms with Crippen LogP contribution in [0.1, 0.15) is 41.6 Å². The molecule has 202 valence electrons. The molecule has 1 aromatic carbocycles. The number of hydrogen-bond acceptors (Lipinski definition) is 7. The molecule has 0 aliphatic carbocycles. The van der Waals surface area contributed by atoms with Crippen LogP contribution in [-0.4, -0.2) is 80.1 Å². The van der Waals surface area contributed by atoms with Crippen LogP contribution in [-0.2, 0) is 16.3 Å². The third-order valence-electron chi connectivity index (χ3n) is 6.36. The third kappa shape index (κ3) is 6.13. The normalized spacial score (nSPS) is 14.2. The van der Waals surface area contributed by atoms with E-state index in [1.807, 2.05) is 31.2 Å². The molecule has 38 heavy (non-hydrogen) atoms. The Morgan fingerprint density at radius 1 is 1.03 bits per heavy atom. The molecule has 1 aliphatic heterocycles. The molecule has 1 fully saturated rings. The molecule has 12 heteroatoms. The van der Waals surface area contributed by atoms with Gasteiger partial charge in [-0.05, 0) is 45.4 Å². The van der Waals surface area contributed by atoms with Gasteiger partial charge in [0, 0.05) is 38.6 Å². The molecule has 1 atom stereocenters. The largest absolute Gasteiger partial charge is 0.471 e. The summed E-state index contributed by atoms with van der Waals surface area (Å²) < 4.78 is 13.9. The van der Waals surface area contributed by atoms with Crippen LogP contribution in [0.3, 0.4) is 0 Å². The van der Waals surface area contributed by atoms with Gasteiger partial charge in [0.1, 0.15) is 11.8 Å². The molecular weight excluding hydrogens is 490 g/mol. The van der Waals surface area contributed by atoms with E-state index in [2.05, 4.69) is 15.5 Å². The second kappa shape index (κ2) is 11.8. The molecule has 1 saturated heterocycles. The first-order chi connectivity index (χ1) is 18.3. The van der Waals surface area contributed by atoms with Crippen molar-refractivity contribution in [2.24, 2.45) is 0 Å². The minimum Gasteiger partial charge on any atom is -0.471 e. The highest BCUT2D eigenvalue weighted by molar-refractivity contribution is 6.03. The number of nitrogens with one attached hydrogen (secondary N) is 1. The van der Waals surface area contributed by atoms with Crippen LogP contribution in [0, 0.1) is 13.8 Å². The fourth-order valence-electron chi connectivity index (χ4n) is 4.10. The molecule has 3 amide bonds. The molecule has 0 radical (unpaired) electrons. The standard InChI is InChI=1S/C26H33N7O5/c1-5-37-26(36)31-14-12-30(13-15-31)25(35)20(4)33-16-22(19(3)28-33)27-24(34)21-10-11-32(29-21)17-38-23-9-7-6-8-18(23)2/h6-11,16,20H,5,12-15,17H2,1-4H3,(H,27,34). The second-order valence-electron chi connectivity index (χ2n) is 9.03. The van der Waals surface area contributed by atoms with Gasteiger partial charge in [0.25, 0.3) is 5.91 Å². The molecule has 0 spiro atoms. The van der Waals surface area contributed by atoms with E-state index < -0.39 is 11.9 Å². The van der Waals surface area contributed by atoms with Gasteiger partial charge in [-0.3, -0.25) is 14.3 Å². The zero-order valence-electron chi connectivity index (χ0n) is 22.1. The highest BCUT2D eigenvalue weighted by Gasteiger charge is 2.29. The monoisotopic (exact) mass is 523 g/mol. The quantitative estimate of drug-likeness (QED) is 0.481. The lowest BCUT2D eigenvalue weighted by Crippen LogP contribution is -2.52. The summed E-state index contributed by atoms with van der Waals surface area (Å²) in [4.78, 5) is 41.1. The topological polar surface area (TPSA) is 124 Å². The Labute approximate surface area is 221 Å². The summed E-state index contributed by atoms with van der Waals surface area (Å²) >= 11 is 0. The van der Waals surface area contributed by atoms with Gasteiger partial charge in [0.15, 0.2) is 12.4 Å². The zero-order valence-corrected chi connectivity index (χ0v) is 22.1. The van der Waals surface area contributed by atoms with Crippen molar-refractivity contribution in [1.29, 1.82) is 0 Å². The first kappa shape index (κ1) is 26.7. The molecule has 1 unspecified atom stereocenters. The number of nitrogens with zero attached hydrogens (tertiary/aromatic N) is 6. The number of aryl methyl sites for hydroxylation is 2. The highest BCUT2D eigenvalue weighted by Crippen LogP contribution is 2.20. The second-order valence-corrected chi connectivity index (χ2v) is 9.03. The van der Waals surface area contributed by atoms with Gasteiger partial charge in [-0.1, -0.05) is 18.2 Å². The molecule has 4 rings (SSSR count). The number of anilines is 1. The molecule has 0 saturated carbocycles. The first-order valence-corrected chi connectivity index (χ1v) is 12.6. The van der Waals surface area contributed by atoms with Crippen molar-refractivity contribution in [3.05, 3.63) is 59.7 Å². The van der Waals surface area contributed by atoms with Crippen molar-refractivity contribution in [3.63, 3.8) is 0 Å². The maximum atomic E-state index is 13.1. The number of ether oxygens (including phenoxy) is 2. The molecular formula is C26H33N7O5. The maximum Gasteiger partial charge on any atom is 0.409 e. The number of aromatic nitrogens is 4. The van der Waals surface area contributed by atoms with Crippen molar-refractivity contribution >= 4 is 23.6 Å². The van der Waals surface area contributed by atoms with E-state index in [1.54, 1.807) is 58.4 Å². The van der Waals surface area contributed by atoms with E-state index in [1.165, 1.54) is 0 Å². The smallest absolute Gasteiger partial charge is 0.409 e. The van der Waals surface area contributed by atoms with E-state index in [9.17, 15) is 14.4 Å². The van der Waals surface area contributed by atoms with E-state index in [0.29, 0.717) is 44.2 Å². The van der Waals surface area contributed by atoms with Crippen LogP contribution in [0.4, 0.5) is 10.5 Å². The lowest BCUT2D eigenvalue weighted by atomic mass is 10.2. The van der Waals surface area contributed by atoms with Gasteiger partial charge in [0.05, 0.1) is 18.0 Å². The van der Waals surface area contributed by atoms with Crippen molar-refractivity contribution in [2.45, 2.75) is 40.5 Å². The molecule has 1 N–H and O–H groups in total. The molecule has 12 nitrogen and oxygen atoms in total. The van der Waals surface area contributed by atoms with E-state index >= 15 is 0 Å². The van der Waals surface area contributed by atoms with Gasteiger partial charge in [0.2, 0.25) is 5.91 Å². The van der Waals surface area contributed by atoms with Crippen LogP contribution in [0.15, 0.2) is 42.7 Å². The molecule has 0 bridgehead atoms. The predicted octanol–water partition coefficient (Wildman–Crippen LogP) is 2.85. The first-order valence-electron chi connectivity index (χ1n) is 12.6. The van der Waals surface area contributed by atoms with E-state index in [0.717, 1.165) is 11.3 Å². The van der Waals surface area contributed by atoms with Crippen LogP contribution in [0.25, 0.3) is 0 Å². The number of amides is 3. The van der Waals surface area contributed by atoms with Gasteiger partial charge >= 0.3 is 6.09 Å². The maximum absolute atomic E-state index is 13.1.